The third-order valence-electron chi connectivity index (χ3n) is 2.09. The van der Waals surface area contributed by atoms with Gasteiger partial charge in [-0.1, -0.05) is 13.8 Å². The first-order valence-electron chi connectivity index (χ1n) is 5.11. The first-order valence-corrected chi connectivity index (χ1v) is 7.42. The minimum absolute atomic E-state index is 0.0768. The molecule has 0 aliphatic rings. The van der Waals surface area contributed by atoms with E-state index in [2.05, 4.69) is 4.98 Å². The molecule has 0 fully saturated rings. The Kier molecular flexibility index (Phi) is 4.59. The van der Waals surface area contributed by atoms with E-state index in [0.29, 0.717) is 12.5 Å². The van der Waals surface area contributed by atoms with Gasteiger partial charge in [0.2, 0.25) is 0 Å². The van der Waals surface area contributed by atoms with Gasteiger partial charge in [-0.25, -0.2) is 13.2 Å². The quantitative estimate of drug-likeness (QED) is 0.662. The Hall–Kier alpha value is -1.01. The molecule has 0 aromatic carbocycles. The van der Waals surface area contributed by atoms with Crippen LogP contribution >= 0.6 is 10.7 Å². The van der Waals surface area contributed by atoms with Gasteiger partial charge in [-0.15, -0.1) is 0 Å². The third-order valence-corrected chi connectivity index (χ3v) is 3.42. The summed E-state index contributed by atoms with van der Waals surface area (Å²) in [4.78, 5) is 13.8. The van der Waals surface area contributed by atoms with Crippen molar-refractivity contribution in [3.05, 3.63) is 18.0 Å². The number of aromatic nitrogens is 1. The highest BCUT2D eigenvalue weighted by Crippen LogP contribution is 2.16. The molecule has 1 aromatic rings. The summed E-state index contributed by atoms with van der Waals surface area (Å²) in [5.41, 5.74) is 0.0768. The summed E-state index contributed by atoms with van der Waals surface area (Å²) in [7, 11) is 1.31. The topological polar surface area (TPSA) is 76.2 Å². The van der Waals surface area contributed by atoms with Gasteiger partial charge in [0.05, 0.1) is 6.61 Å². The number of esters is 1. The molecule has 1 aromatic heterocycles. The monoisotopic (exact) mass is 279 g/mol. The zero-order valence-corrected chi connectivity index (χ0v) is 11.1. The van der Waals surface area contributed by atoms with Gasteiger partial charge < -0.3 is 9.72 Å². The Labute approximate surface area is 105 Å². The average Bonchev–Trinajstić information content (AvgIpc) is 2.64. The molecule has 5 nitrogen and oxygen atoms in total. The Morgan fingerprint density at radius 2 is 2.18 bits per heavy atom. The van der Waals surface area contributed by atoms with Crippen molar-refractivity contribution in [2.75, 3.05) is 6.61 Å². The lowest BCUT2D eigenvalue weighted by molar-refractivity contribution is 0.0482. The van der Waals surface area contributed by atoms with E-state index in [1.807, 2.05) is 13.8 Å². The first kappa shape index (κ1) is 14.1. The largest absolute Gasteiger partial charge is 0.461 e. The zero-order valence-electron chi connectivity index (χ0n) is 9.57. The van der Waals surface area contributed by atoms with E-state index in [1.54, 1.807) is 0 Å². The molecule has 1 heterocycles. The van der Waals surface area contributed by atoms with Crippen LogP contribution in [-0.2, 0) is 13.8 Å². The van der Waals surface area contributed by atoms with Crippen LogP contribution in [0.15, 0.2) is 17.2 Å². The Morgan fingerprint density at radius 3 is 2.65 bits per heavy atom. The van der Waals surface area contributed by atoms with Crippen LogP contribution < -0.4 is 0 Å². The van der Waals surface area contributed by atoms with Gasteiger partial charge in [0.15, 0.2) is 0 Å². The maximum atomic E-state index is 11.5. The third kappa shape index (κ3) is 4.40. The van der Waals surface area contributed by atoms with E-state index >= 15 is 0 Å². The highest BCUT2D eigenvalue weighted by Gasteiger charge is 2.16. The predicted molar refractivity (Wildman–Crippen MR) is 63.6 cm³/mol. The number of halogens is 1. The number of nitrogens with one attached hydrogen (secondary N) is 1. The molecule has 17 heavy (non-hydrogen) atoms. The zero-order chi connectivity index (χ0) is 13.1. The molecule has 96 valence electrons. The van der Waals surface area contributed by atoms with Gasteiger partial charge in [0, 0.05) is 16.9 Å². The second-order valence-electron chi connectivity index (χ2n) is 4.01. The molecule has 0 unspecified atom stereocenters. The van der Waals surface area contributed by atoms with E-state index in [4.69, 9.17) is 15.4 Å². The van der Waals surface area contributed by atoms with Crippen LogP contribution in [-0.4, -0.2) is 26.0 Å². The minimum Gasteiger partial charge on any atom is -0.461 e. The van der Waals surface area contributed by atoms with E-state index in [1.165, 1.54) is 0 Å². The fourth-order valence-electron chi connectivity index (χ4n) is 1.10. The predicted octanol–water partition coefficient (Wildman–Crippen LogP) is 2.15. The second-order valence-corrected chi connectivity index (χ2v) is 6.57. The number of aromatic amines is 1. The van der Waals surface area contributed by atoms with Crippen LogP contribution in [0.4, 0.5) is 0 Å². The Morgan fingerprint density at radius 1 is 1.53 bits per heavy atom. The summed E-state index contributed by atoms with van der Waals surface area (Å²) in [5, 5.41) is 0. The van der Waals surface area contributed by atoms with Gasteiger partial charge in [-0.2, -0.15) is 0 Å². The lowest BCUT2D eigenvalue weighted by Crippen LogP contribution is -2.08. The number of carbonyl (C=O) groups excluding carboxylic acids is 1. The number of H-pyrrole nitrogens is 1. The van der Waals surface area contributed by atoms with Crippen LogP contribution in [0.25, 0.3) is 0 Å². The van der Waals surface area contributed by atoms with Gasteiger partial charge in [-0.05, 0) is 18.4 Å². The molecule has 0 atom stereocenters. The molecule has 0 spiro atoms. The molecule has 0 bridgehead atoms. The van der Waals surface area contributed by atoms with Crippen LogP contribution in [0.1, 0.15) is 30.8 Å². The number of hydrogen-bond acceptors (Lipinski definition) is 4. The Balaban J connectivity index is 2.62. The fourth-order valence-corrected chi connectivity index (χ4v) is 1.82. The molecule has 0 saturated heterocycles. The van der Waals surface area contributed by atoms with Gasteiger partial charge in [0.1, 0.15) is 10.6 Å². The lowest BCUT2D eigenvalue weighted by Gasteiger charge is -2.05. The molecule has 0 amide bonds. The van der Waals surface area contributed by atoms with Crippen molar-refractivity contribution in [2.24, 2.45) is 5.92 Å². The second kappa shape index (κ2) is 5.55. The van der Waals surface area contributed by atoms with E-state index in [-0.39, 0.29) is 10.6 Å². The number of ether oxygens (including phenoxy) is 1. The molecule has 0 radical (unpaired) electrons. The number of carbonyl (C=O) groups is 1. The van der Waals surface area contributed by atoms with Crippen molar-refractivity contribution in [1.82, 2.24) is 4.98 Å². The van der Waals surface area contributed by atoms with Crippen LogP contribution in [0.3, 0.4) is 0 Å². The Bertz CT molecular complexity index is 492. The van der Waals surface area contributed by atoms with Gasteiger partial charge in [0.25, 0.3) is 9.05 Å². The summed E-state index contributed by atoms with van der Waals surface area (Å²) >= 11 is 0. The van der Waals surface area contributed by atoms with Crippen LogP contribution in [0, 0.1) is 5.92 Å². The van der Waals surface area contributed by atoms with Crippen LogP contribution in [0.2, 0.25) is 0 Å². The van der Waals surface area contributed by atoms with Gasteiger partial charge >= 0.3 is 5.97 Å². The standard InChI is InChI=1S/C10H14ClNO4S/c1-7(2)3-4-16-10(13)9-5-8(6-12-9)17(11,14)15/h5-7,12H,3-4H2,1-2H3. The lowest BCUT2D eigenvalue weighted by atomic mass is 10.1. The van der Waals surface area contributed by atoms with Crippen molar-refractivity contribution in [3.8, 4) is 0 Å². The highest BCUT2D eigenvalue weighted by molar-refractivity contribution is 8.13. The number of rotatable bonds is 5. The molecule has 1 rings (SSSR count). The SMILES string of the molecule is CC(C)CCOC(=O)c1cc(S(=O)(=O)Cl)c[nH]1. The molecular formula is C10H14ClNO4S. The van der Waals surface area contributed by atoms with Gasteiger partial charge in [-0.3, -0.25) is 0 Å². The molecular weight excluding hydrogens is 266 g/mol. The van der Waals surface area contributed by atoms with Crippen molar-refractivity contribution >= 4 is 25.7 Å². The fraction of sp³-hybridized carbons (Fsp3) is 0.500. The maximum Gasteiger partial charge on any atom is 0.354 e. The van der Waals surface area contributed by atoms with Crippen LogP contribution in [0.5, 0.6) is 0 Å². The average molecular weight is 280 g/mol. The minimum atomic E-state index is -3.82. The summed E-state index contributed by atoms with van der Waals surface area (Å²) in [6, 6.07) is 1.15. The first-order chi connectivity index (χ1) is 7.80. The highest BCUT2D eigenvalue weighted by atomic mass is 35.7. The van der Waals surface area contributed by atoms with Crippen molar-refractivity contribution in [3.63, 3.8) is 0 Å². The molecule has 0 aliphatic heterocycles. The van der Waals surface area contributed by atoms with Crippen molar-refractivity contribution < 1.29 is 17.9 Å². The number of hydrogen-bond donors (Lipinski definition) is 1. The summed E-state index contributed by atoms with van der Waals surface area (Å²) in [6.07, 6.45) is 1.91. The molecule has 7 heteroatoms. The molecule has 0 saturated carbocycles. The van der Waals surface area contributed by atoms with E-state index in [0.717, 1.165) is 18.7 Å². The smallest absolute Gasteiger partial charge is 0.354 e. The summed E-state index contributed by atoms with van der Waals surface area (Å²) in [6.45, 7) is 4.33. The molecule has 0 aliphatic carbocycles. The summed E-state index contributed by atoms with van der Waals surface area (Å²) in [5.74, 6) is -0.151. The summed E-state index contributed by atoms with van der Waals surface area (Å²) < 4.78 is 26.9. The van der Waals surface area contributed by atoms with E-state index < -0.39 is 15.0 Å². The van der Waals surface area contributed by atoms with Crippen molar-refractivity contribution in [1.29, 1.82) is 0 Å². The van der Waals surface area contributed by atoms with Crippen molar-refractivity contribution in [2.45, 2.75) is 25.2 Å². The van der Waals surface area contributed by atoms with E-state index in [9.17, 15) is 13.2 Å². The normalized spacial score (nSPS) is 11.8. The maximum absolute atomic E-state index is 11.5. The molecule has 1 N–H and O–H groups in total.